The van der Waals surface area contributed by atoms with Crippen molar-refractivity contribution in [3.05, 3.63) is 59.4 Å². The van der Waals surface area contributed by atoms with Crippen molar-refractivity contribution in [2.75, 3.05) is 16.8 Å². The molecular weight excluding hydrogens is 361 g/mol. The van der Waals surface area contributed by atoms with Gasteiger partial charge in [-0.15, -0.1) is 0 Å². The Bertz CT molecular complexity index is 1010. The average molecular weight is 381 g/mol. The van der Waals surface area contributed by atoms with E-state index in [-0.39, 0.29) is 18.4 Å². The van der Waals surface area contributed by atoms with Gasteiger partial charge in [0, 0.05) is 12.1 Å². The van der Waals surface area contributed by atoms with Crippen LogP contribution >= 0.6 is 0 Å². The number of hydrogen-bond acceptors (Lipinski definition) is 3. The molecule has 1 atom stereocenters. The second kappa shape index (κ2) is 6.44. The van der Waals surface area contributed by atoms with Crippen molar-refractivity contribution in [1.82, 2.24) is 4.90 Å². The molecule has 0 radical (unpaired) electrons. The molecule has 1 saturated heterocycles. The van der Waals surface area contributed by atoms with E-state index in [1.807, 2.05) is 0 Å². The molecule has 1 N–H and O–H groups in total. The lowest BCUT2D eigenvalue weighted by molar-refractivity contribution is -0.120. The first-order chi connectivity index (χ1) is 13.3. The largest absolute Gasteiger partial charge is 0.324 e. The van der Waals surface area contributed by atoms with Crippen LogP contribution in [0.25, 0.3) is 0 Å². The van der Waals surface area contributed by atoms with E-state index in [1.54, 1.807) is 49.1 Å². The topological polar surface area (TPSA) is 69.7 Å². The zero-order valence-electron chi connectivity index (χ0n) is 15.7. The Hall–Kier alpha value is -3.22. The molecule has 144 valence electrons. The fraction of sp³-hybridized carbons (Fsp3) is 0.286. The molecule has 2 aliphatic rings. The zero-order chi connectivity index (χ0) is 20.1. The van der Waals surface area contributed by atoms with Gasteiger partial charge in [0.2, 0.25) is 11.8 Å². The van der Waals surface area contributed by atoms with Crippen LogP contribution < -0.4 is 10.2 Å². The number of benzene rings is 2. The minimum Gasteiger partial charge on any atom is -0.324 e. The summed E-state index contributed by atoms with van der Waals surface area (Å²) in [5.74, 6) is -1.27. The number of halogens is 1. The lowest BCUT2D eigenvalue weighted by atomic mass is 9.98. The predicted molar refractivity (Wildman–Crippen MR) is 102 cm³/mol. The third kappa shape index (κ3) is 2.74. The van der Waals surface area contributed by atoms with Crippen LogP contribution in [-0.4, -0.2) is 34.8 Å². The van der Waals surface area contributed by atoms with Crippen LogP contribution in [0.2, 0.25) is 0 Å². The Balaban J connectivity index is 1.65. The maximum atomic E-state index is 13.5. The van der Waals surface area contributed by atoms with Gasteiger partial charge in [0.25, 0.3) is 5.91 Å². The highest BCUT2D eigenvalue weighted by molar-refractivity contribution is 6.11. The number of anilines is 2. The molecule has 3 amide bonds. The number of fused-ring (bicyclic) bond motifs is 3. The number of nitrogens with zero attached hydrogens (tertiary/aromatic N) is 2. The summed E-state index contributed by atoms with van der Waals surface area (Å²) in [7, 11) is 0. The number of aryl methyl sites for hydroxylation is 1. The van der Waals surface area contributed by atoms with Gasteiger partial charge in [0.05, 0.1) is 11.3 Å². The summed E-state index contributed by atoms with van der Waals surface area (Å²) < 4.78 is 13.5. The fourth-order valence-corrected chi connectivity index (χ4v) is 4.00. The molecule has 2 aliphatic heterocycles. The maximum Gasteiger partial charge on any atom is 0.258 e. The highest BCUT2D eigenvalue weighted by atomic mass is 19.1. The van der Waals surface area contributed by atoms with Crippen LogP contribution in [0.1, 0.15) is 35.7 Å². The van der Waals surface area contributed by atoms with Crippen LogP contribution in [0.15, 0.2) is 42.5 Å². The van der Waals surface area contributed by atoms with Crippen LogP contribution in [0.5, 0.6) is 0 Å². The summed E-state index contributed by atoms with van der Waals surface area (Å²) >= 11 is 0. The van der Waals surface area contributed by atoms with Gasteiger partial charge in [-0.05, 0) is 50.1 Å². The Morgan fingerprint density at radius 2 is 1.96 bits per heavy atom. The van der Waals surface area contributed by atoms with Crippen LogP contribution in [0.3, 0.4) is 0 Å². The third-order valence-electron chi connectivity index (χ3n) is 5.52. The Labute approximate surface area is 161 Å². The molecule has 0 aliphatic carbocycles. The lowest BCUT2D eigenvalue weighted by Crippen LogP contribution is -2.63. The summed E-state index contributed by atoms with van der Waals surface area (Å²) in [6.45, 7) is 3.33. The van der Waals surface area contributed by atoms with Gasteiger partial charge in [-0.3, -0.25) is 19.3 Å². The second-order valence-electron chi connectivity index (χ2n) is 7.36. The Kier molecular flexibility index (Phi) is 4.18. The smallest absolute Gasteiger partial charge is 0.258 e. The van der Waals surface area contributed by atoms with Crippen molar-refractivity contribution in [3.63, 3.8) is 0 Å². The highest BCUT2D eigenvalue weighted by Gasteiger charge is 2.53. The van der Waals surface area contributed by atoms with E-state index >= 15 is 0 Å². The van der Waals surface area contributed by atoms with Gasteiger partial charge in [0.15, 0.2) is 0 Å². The molecule has 28 heavy (non-hydrogen) atoms. The first kappa shape index (κ1) is 18.2. The van der Waals surface area contributed by atoms with Gasteiger partial charge < -0.3 is 10.2 Å². The number of amides is 3. The minimum atomic E-state index is -0.906. The van der Waals surface area contributed by atoms with Gasteiger partial charge >= 0.3 is 0 Å². The molecule has 0 bridgehead atoms. The highest BCUT2D eigenvalue weighted by Crippen LogP contribution is 2.43. The molecule has 0 spiro atoms. The van der Waals surface area contributed by atoms with Crippen molar-refractivity contribution < 1.29 is 18.8 Å². The van der Waals surface area contributed by atoms with Crippen molar-refractivity contribution in [3.8, 4) is 0 Å². The van der Waals surface area contributed by atoms with Crippen LogP contribution in [0.4, 0.5) is 15.8 Å². The lowest BCUT2D eigenvalue weighted by Gasteiger charge is -2.48. The quantitative estimate of drug-likeness (QED) is 0.888. The van der Waals surface area contributed by atoms with E-state index < -0.39 is 17.4 Å². The normalized spacial score (nSPS) is 20.8. The summed E-state index contributed by atoms with van der Waals surface area (Å²) in [4.78, 5) is 41.4. The van der Waals surface area contributed by atoms with Gasteiger partial charge in [-0.25, -0.2) is 4.39 Å². The molecule has 0 saturated carbocycles. The predicted octanol–water partition coefficient (Wildman–Crippen LogP) is 3.07. The van der Waals surface area contributed by atoms with Gasteiger partial charge in [0.1, 0.15) is 18.0 Å². The summed E-state index contributed by atoms with van der Waals surface area (Å²) in [5, 5.41) is 2.67. The minimum absolute atomic E-state index is 0.0752. The standard InChI is InChI=1S/C21H20FN3O3/c1-13-7-8-14(22)11-16(13)23-18(26)12-24-20(28)15-5-3-4-6-17(15)25-19(27)9-10-21(24,25)2/h3-8,11H,9-10,12H2,1-2H3,(H,23,26). The van der Waals surface area contributed by atoms with Gasteiger partial charge in [-0.2, -0.15) is 0 Å². The molecule has 4 rings (SSSR count). The third-order valence-corrected chi connectivity index (χ3v) is 5.52. The number of hydrogen-bond donors (Lipinski definition) is 1. The van der Waals surface area contributed by atoms with E-state index in [2.05, 4.69) is 5.32 Å². The second-order valence-corrected chi connectivity index (χ2v) is 7.36. The van der Waals surface area contributed by atoms with E-state index in [9.17, 15) is 18.8 Å². The Morgan fingerprint density at radius 1 is 1.21 bits per heavy atom. The summed E-state index contributed by atoms with van der Waals surface area (Å²) in [6, 6.07) is 11.1. The summed E-state index contributed by atoms with van der Waals surface area (Å²) in [5.41, 5.74) is 1.14. The van der Waals surface area contributed by atoms with Crippen LogP contribution in [0, 0.1) is 12.7 Å². The molecule has 0 aromatic heterocycles. The number of nitrogens with one attached hydrogen (secondary N) is 1. The first-order valence-electron chi connectivity index (χ1n) is 9.11. The molecular formula is C21H20FN3O3. The number of para-hydroxylation sites is 1. The number of carbonyl (C=O) groups is 3. The van der Waals surface area contributed by atoms with E-state index in [4.69, 9.17) is 0 Å². The molecule has 2 heterocycles. The monoisotopic (exact) mass is 381 g/mol. The van der Waals surface area contributed by atoms with Crippen molar-refractivity contribution in [2.24, 2.45) is 0 Å². The first-order valence-corrected chi connectivity index (χ1v) is 9.11. The number of carbonyl (C=O) groups excluding carboxylic acids is 3. The van der Waals surface area contributed by atoms with Crippen molar-refractivity contribution >= 4 is 29.1 Å². The molecule has 2 aromatic carbocycles. The summed E-state index contributed by atoms with van der Waals surface area (Å²) in [6.07, 6.45) is 0.747. The number of rotatable bonds is 3. The van der Waals surface area contributed by atoms with Crippen LogP contribution in [-0.2, 0) is 9.59 Å². The molecule has 2 aromatic rings. The Morgan fingerprint density at radius 3 is 2.75 bits per heavy atom. The molecule has 7 heteroatoms. The van der Waals surface area contributed by atoms with Gasteiger partial charge in [-0.1, -0.05) is 18.2 Å². The van der Waals surface area contributed by atoms with E-state index in [1.165, 1.54) is 17.0 Å². The maximum absolute atomic E-state index is 13.5. The fourth-order valence-electron chi connectivity index (χ4n) is 4.00. The molecule has 1 fully saturated rings. The van der Waals surface area contributed by atoms with Crippen molar-refractivity contribution in [1.29, 1.82) is 0 Å². The zero-order valence-corrected chi connectivity index (χ0v) is 15.7. The van der Waals surface area contributed by atoms with Crippen molar-refractivity contribution in [2.45, 2.75) is 32.4 Å². The SMILES string of the molecule is Cc1ccc(F)cc1NC(=O)CN1C(=O)c2ccccc2N2C(=O)CCC12C. The van der Waals surface area contributed by atoms with E-state index in [0.29, 0.717) is 35.3 Å². The molecule has 1 unspecified atom stereocenters. The molecule has 6 nitrogen and oxygen atoms in total. The average Bonchev–Trinajstić information content (AvgIpc) is 2.97. The van der Waals surface area contributed by atoms with E-state index in [0.717, 1.165) is 0 Å².